The minimum Gasteiger partial charge on any atom is -0.466 e. The first-order chi connectivity index (χ1) is 7.17. The Balaban J connectivity index is 2.91. The van der Waals surface area contributed by atoms with Crippen LogP contribution in [0.5, 0.6) is 0 Å². The lowest BCUT2D eigenvalue weighted by Gasteiger charge is -2.00. The number of aryl methyl sites for hydroxylation is 1. The highest BCUT2D eigenvalue weighted by Crippen LogP contribution is 2.11. The van der Waals surface area contributed by atoms with Gasteiger partial charge in [-0.25, -0.2) is 4.79 Å². The van der Waals surface area contributed by atoms with E-state index in [9.17, 15) is 9.59 Å². The number of hydrogen-bond acceptors (Lipinski definition) is 3. The van der Waals surface area contributed by atoms with Gasteiger partial charge in [-0.1, -0.05) is 12.1 Å². The summed E-state index contributed by atoms with van der Waals surface area (Å²) < 4.78 is 4.47. The van der Waals surface area contributed by atoms with E-state index in [0.717, 1.165) is 17.4 Å². The first-order valence-corrected chi connectivity index (χ1v) is 4.49. The van der Waals surface area contributed by atoms with Crippen LogP contribution in [0, 0.1) is 6.92 Å². The van der Waals surface area contributed by atoms with E-state index in [-0.39, 0.29) is 0 Å². The minimum absolute atomic E-state index is 0.395. The SMILES string of the molecule is COC(=O)C=Cc1ccc(C=O)cc1C. The largest absolute Gasteiger partial charge is 0.466 e. The molecule has 0 atom stereocenters. The monoisotopic (exact) mass is 204 g/mol. The van der Waals surface area contributed by atoms with E-state index in [1.807, 2.05) is 6.92 Å². The molecule has 0 aliphatic carbocycles. The van der Waals surface area contributed by atoms with E-state index < -0.39 is 5.97 Å². The Kier molecular flexibility index (Phi) is 3.80. The molecule has 0 saturated carbocycles. The number of esters is 1. The Bertz CT molecular complexity index is 405. The van der Waals surface area contributed by atoms with E-state index in [1.54, 1.807) is 24.3 Å². The molecule has 78 valence electrons. The van der Waals surface area contributed by atoms with Gasteiger partial charge in [0.05, 0.1) is 7.11 Å². The number of methoxy groups -OCH3 is 1. The topological polar surface area (TPSA) is 43.4 Å². The van der Waals surface area contributed by atoms with E-state index >= 15 is 0 Å². The van der Waals surface area contributed by atoms with Crippen molar-refractivity contribution in [2.45, 2.75) is 6.92 Å². The smallest absolute Gasteiger partial charge is 0.330 e. The second kappa shape index (κ2) is 5.10. The molecule has 0 bridgehead atoms. The number of hydrogen-bond donors (Lipinski definition) is 0. The van der Waals surface area contributed by atoms with Gasteiger partial charge in [-0.15, -0.1) is 0 Å². The zero-order chi connectivity index (χ0) is 11.3. The Morgan fingerprint density at radius 2 is 2.13 bits per heavy atom. The molecule has 0 aliphatic rings. The second-order valence-corrected chi connectivity index (χ2v) is 3.09. The van der Waals surface area contributed by atoms with Gasteiger partial charge in [0.1, 0.15) is 6.29 Å². The van der Waals surface area contributed by atoms with Gasteiger partial charge in [-0.2, -0.15) is 0 Å². The molecule has 15 heavy (non-hydrogen) atoms. The fourth-order valence-electron chi connectivity index (χ4n) is 1.19. The van der Waals surface area contributed by atoms with Crippen molar-refractivity contribution in [3.05, 3.63) is 41.0 Å². The van der Waals surface area contributed by atoms with Crippen molar-refractivity contribution in [2.24, 2.45) is 0 Å². The summed E-state index contributed by atoms with van der Waals surface area (Å²) in [6.45, 7) is 1.88. The van der Waals surface area contributed by atoms with Crippen molar-refractivity contribution in [3.8, 4) is 0 Å². The van der Waals surface area contributed by atoms with Gasteiger partial charge in [-0.05, 0) is 30.2 Å². The predicted molar refractivity (Wildman–Crippen MR) is 57.6 cm³/mol. The Morgan fingerprint density at radius 1 is 1.40 bits per heavy atom. The van der Waals surface area contributed by atoms with Gasteiger partial charge < -0.3 is 4.74 Å². The zero-order valence-corrected chi connectivity index (χ0v) is 8.69. The first kappa shape index (κ1) is 11.2. The number of rotatable bonds is 3. The van der Waals surface area contributed by atoms with Crippen molar-refractivity contribution in [3.63, 3.8) is 0 Å². The van der Waals surface area contributed by atoms with Crippen LogP contribution in [0.2, 0.25) is 0 Å². The molecule has 1 aromatic carbocycles. The summed E-state index contributed by atoms with van der Waals surface area (Å²) in [5.41, 5.74) is 2.47. The lowest BCUT2D eigenvalue weighted by Crippen LogP contribution is -1.94. The quantitative estimate of drug-likeness (QED) is 0.429. The van der Waals surface area contributed by atoms with Crippen LogP contribution in [0.25, 0.3) is 6.08 Å². The van der Waals surface area contributed by atoms with Crippen LogP contribution in [0.15, 0.2) is 24.3 Å². The fraction of sp³-hybridized carbons (Fsp3) is 0.167. The maximum absolute atomic E-state index is 10.9. The highest BCUT2D eigenvalue weighted by Gasteiger charge is 1.97. The molecule has 0 fully saturated rings. The zero-order valence-electron chi connectivity index (χ0n) is 8.69. The van der Waals surface area contributed by atoms with E-state index in [0.29, 0.717) is 5.56 Å². The predicted octanol–water partition coefficient (Wildman–Crippen LogP) is 1.99. The maximum atomic E-state index is 10.9. The Morgan fingerprint density at radius 3 is 2.67 bits per heavy atom. The van der Waals surface area contributed by atoms with Crippen LogP contribution in [0.1, 0.15) is 21.5 Å². The van der Waals surface area contributed by atoms with Gasteiger partial charge in [0, 0.05) is 11.6 Å². The minimum atomic E-state index is -0.395. The van der Waals surface area contributed by atoms with Gasteiger partial charge in [0.15, 0.2) is 0 Å². The maximum Gasteiger partial charge on any atom is 0.330 e. The van der Waals surface area contributed by atoms with Crippen molar-refractivity contribution >= 4 is 18.3 Å². The molecule has 0 heterocycles. The summed E-state index contributed by atoms with van der Waals surface area (Å²) in [5, 5.41) is 0. The number of ether oxygens (including phenoxy) is 1. The molecule has 0 amide bonds. The molecule has 0 saturated heterocycles. The number of aldehydes is 1. The summed E-state index contributed by atoms with van der Waals surface area (Å²) in [5.74, 6) is -0.395. The van der Waals surface area contributed by atoms with Crippen LogP contribution in [0.3, 0.4) is 0 Å². The number of benzene rings is 1. The third-order valence-electron chi connectivity index (χ3n) is 2.03. The molecule has 1 aromatic rings. The number of carbonyl (C=O) groups excluding carboxylic acids is 2. The van der Waals surface area contributed by atoms with E-state index in [4.69, 9.17) is 0 Å². The van der Waals surface area contributed by atoms with Crippen LogP contribution in [-0.2, 0) is 9.53 Å². The molecule has 1 rings (SSSR count). The molecule has 0 unspecified atom stereocenters. The third kappa shape index (κ3) is 3.06. The Labute approximate surface area is 88.4 Å². The second-order valence-electron chi connectivity index (χ2n) is 3.09. The van der Waals surface area contributed by atoms with Gasteiger partial charge in [0.25, 0.3) is 0 Å². The summed E-state index contributed by atoms with van der Waals surface area (Å²) in [6.07, 6.45) is 3.81. The molecule has 0 radical (unpaired) electrons. The fourth-order valence-corrected chi connectivity index (χ4v) is 1.19. The first-order valence-electron chi connectivity index (χ1n) is 4.49. The molecular weight excluding hydrogens is 192 g/mol. The molecule has 0 N–H and O–H groups in total. The Hall–Kier alpha value is -1.90. The lowest BCUT2D eigenvalue weighted by molar-refractivity contribution is -0.134. The van der Waals surface area contributed by atoms with Crippen molar-refractivity contribution in [1.29, 1.82) is 0 Å². The van der Waals surface area contributed by atoms with Crippen LogP contribution in [0.4, 0.5) is 0 Å². The summed E-state index contributed by atoms with van der Waals surface area (Å²) in [7, 11) is 1.33. The van der Waals surface area contributed by atoms with Gasteiger partial charge >= 0.3 is 5.97 Å². The number of carbonyl (C=O) groups is 2. The molecule has 0 aliphatic heterocycles. The van der Waals surface area contributed by atoms with Crippen LogP contribution >= 0.6 is 0 Å². The molecular formula is C12H12O3. The lowest BCUT2D eigenvalue weighted by atomic mass is 10.1. The molecule has 3 heteroatoms. The van der Waals surface area contributed by atoms with Gasteiger partial charge in [0.2, 0.25) is 0 Å². The summed E-state index contributed by atoms with van der Waals surface area (Å²) in [4.78, 5) is 21.3. The van der Waals surface area contributed by atoms with Crippen molar-refractivity contribution < 1.29 is 14.3 Å². The van der Waals surface area contributed by atoms with Gasteiger partial charge in [-0.3, -0.25) is 4.79 Å². The summed E-state index contributed by atoms with van der Waals surface area (Å²) >= 11 is 0. The average Bonchev–Trinajstić information content (AvgIpc) is 2.26. The standard InChI is InChI=1S/C12H12O3/c1-9-7-10(8-13)3-4-11(9)5-6-12(14)15-2/h3-8H,1-2H3. The van der Waals surface area contributed by atoms with Crippen LogP contribution < -0.4 is 0 Å². The normalized spacial score (nSPS) is 10.3. The van der Waals surface area contributed by atoms with E-state index in [1.165, 1.54) is 13.2 Å². The highest BCUT2D eigenvalue weighted by atomic mass is 16.5. The van der Waals surface area contributed by atoms with E-state index in [2.05, 4.69) is 4.74 Å². The van der Waals surface area contributed by atoms with Crippen molar-refractivity contribution in [1.82, 2.24) is 0 Å². The van der Waals surface area contributed by atoms with Crippen LogP contribution in [-0.4, -0.2) is 19.4 Å². The average molecular weight is 204 g/mol. The molecule has 0 spiro atoms. The summed E-state index contributed by atoms with van der Waals surface area (Å²) in [6, 6.07) is 5.26. The van der Waals surface area contributed by atoms with Crippen molar-refractivity contribution in [2.75, 3.05) is 7.11 Å². The molecule has 0 aromatic heterocycles. The molecule has 3 nitrogen and oxygen atoms in total. The highest BCUT2D eigenvalue weighted by molar-refractivity contribution is 5.87. The third-order valence-corrected chi connectivity index (χ3v) is 2.03.